The van der Waals surface area contributed by atoms with Gasteiger partial charge >= 0.3 is 11.9 Å². The van der Waals surface area contributed by atoms with Crippen molar-refractivity contribution in [3.63, 3.8) is 0 Å². The van der Waals surface area contributed by atoms with Crippen LogP contribution in [-0.4, -0.2) is 53.2 Å². The average molecular weight is 337 g/mol. The maximum Gasteiger partial charge on any atom is 0.322 e. The van der Waals surface area contributed by atoms with Gasteiger partial charge in [0.25, 0.3) is 0 Å². The molecule has 19 heavy (non-hydrogen) atoms. The third kappa shape index (κ3) is 12.6. The van der Waals surface area contributed by atoms with E-state index in [0.29, 0.717) is 24.3 Å². The van der Waals surface area contributed by atoms with E-state index >= 15 is 0 Å². The van der Waals surface area contributed by atoms with Crippen LogP contribution < -0.4 is 11.5 Å². The third-order valence-corrected chi connectivity index (χ3v) is 4.40. The zero-order chi connectivity index (χ0) is 13.3. The Kier molecular flexibility index (Phi) is 17.9. The standard InChI is InChI=1S/C9H18N2O4S2.ClH.H2O/c1-15-9(14)7(11)3-5-17-16-4-2-6(10)8(12)13;;/h6-7H,2-5,10-11H2,1H3,(H,12,13);1H;1H2/t6-,7-;;/m0../s1. The minimum atomic E-state index is -0.983. The first kappa shape index (κ1) is 23.9. The molecular weight excluding hydrogens is 316 g/mol. The Balaban J connectivity index is -0.00000128. The van der Waals surface area contributed by atoms with Crippen molar-refractivity contribution in [1.82, 2.24) is 0 Å². The van der Waals surface area contributed by atoms with E-state index in [-0.39, 0.29) is 17.9 Å². The Bertz CT molecular complexity index is 261. The molecule has 0 saturated carbocycles. The van der Waals surface area contributed by atoms with Crippen molar-refractivity contribution in [2.24, 2.45) is 11.5 Å². The topological polar surface area (TPSA) is 147 Å². The molecule has 0 bridgehead atoms. The molecule has 0 rings (SSSR count). The summed E-state index contributed by atoms with van der Waals surface area (Å²) in [5.41, 5.74) is 10.9. The van der Waals surface area contributed by atoms with Crippen LogP contribution in [-0.2, 0) is 14.3 Å². The van der Waals surface area contributed by atoms with Gasteiger partial charge in [0.15, 0.2) is 0 Å². The highest BCUT2D eigenvalue weighted by Crippen LogP contribution is 2.23. The molecule has 7 N–H and O–H groups in total. The molecule has 0 heterocycles. The summed E-state index contributed by atoms with van der Waals surface area (Å²) >= 11 is 0. The van der Waals surface area contributed by atoms with Crippen LogP contribution in [0.4, 0.5) is 0 Å². The lowest BCUT2D eigenvalue weighted by Crippen LogP contribution is -2.32. The van der Waals surface area contributed by atoms with Crippen molar-refractivity contribution in [3.8, 4) is 0 Å². The average Bonchev–Trinajstić information content (AvgIpc) is 2.31. The highest BCUT2D eigenvalue weighted by Gasteiger charge is 2.13. The quantitative estimate of drug-likeness (QED) is 0.294. The molecule has 0 unspecified atom stereocenters. The van der Waals surface area contributed by atoms with Gasteiger partial charge in [0.2, 0.25) is 0 Å². The van der Waals surface area contributed by atoms with Gasteiger partial charge in [0, 0.05) is 11.5 Å². The van der Waals surface area contributed by atoms with Crippen LogP contribution in [0.5, 0.6) is 0 Å². The molecule has 7 nitrogen and oxygen atoms in total. The third-order valence-electron chi connectivity index (χ3n) is 1.93. The maximum absolute atomic E-state index is 11.0. The fourth-order valence-electron chi connectivity index (χ4n) is 0.861. The molecule has 0 radical (unpaired) electrons. The highest BCUT2D eigenvalue weighted by molar-refractivity contribution is 8.76. The number of halogens is 1. The van der Waals surface area contributed by atoms with Gasteiger partial charge in [-0.05, 0) is 12.8 Å². The monoisotopic (exact) mass is 336 g/mol. The first-order valence-corrected chi connectivity index (χ1v) is 7.54. The summed E-state index contributed by atoms with van der Waals surface area (Å²) in [6.45, 7) is 0. The molecule has 116 valence electrons. The highest BCUT2D eigenvalue weighted by atomic mass is 35.5. The summed E-state index contributed by atoms with van der Waals surface area (Å²) in [5, 5.41) is 8.54. The number of carboxylic acid groups (broad SMARTS) is 1. The lowest BCUT2D eigenvalue weighted by Gasteiger charge is -2.08. The molecule has 0 fully saturated rings. The fourth-order valence-corrected chi connectivity index (χ4v) is 3.08. The van der Waals surface area contributed by atoms with E-state index < -0.39 is 24.0 Å². The van der Waals surface area contributed by atoms with E-state index in [2.05, 4.69) is 4.74 Å². The van der Waals surface area contributed by atoms with Gasteiger partial charge in [-0.3, -0.25) is 9.59 Å². The van der Waals surface area contributed by atoms with Crippen LogP contribution in [0, 0.1) is 0 Å². The Morgan fingerprint density at radius 3 is 1.95 bits per heavy atom. The number of carbonyl (C=O) groups excluding carboxylic acids is 1. The Labute approximate surface area is 126 Å². The van der Waals surface area contributed by atoms with Crippen molar-refractivity contribution < 1.29 is 24.9 Å². The van der Waals surface area contributed by atoms with E-state index in [4.69, 9.17) is 16.6 Å². The minimum absolute atomic E-state index is 0. The maximum atomic E-state index is 11.0. The molecule has 0 aromatic rings. The van der Waals surface area contributed by atoms with Crippen LogP contribution >= 0.6 is 34.0 Å². The fraction of sp³-hybridized carbons (Fsp3) is 0.778. The zero-order valence-electron chi connectivity index (χ0n) is 10.5. The summed E-state index contributed by atoms with van der Waals surface area (Å²) in [4.78, 5) is 21.4. The van der Waals surface area contributed by atoms with Gasteiger partial charge in [-0.25, -0.2) is 0 Å². The molecule has 0 aromatic heterocycles. The number of esters is 1. The summed E-state index contributed by atoms with van der Waals surface area (Å²) in [6.07, 6.45) is 0.964. The minimum Gasteiger partial charge on any atom is -0.480 e. The number of nitrogens with two attached hydrogens (primary N) is 2. The number of rotatable bonds is 9. The lowest BCUT2D eigenvalue weighted by molar-refractivity contribution is -0.142. The Morgan fingerprint density at radius 1 is 1.16 bits per heavy atom. The van der Waals surface area contributed by atoms with Crippen LogP contribution in [0.1, 0.15) is 12.8 Å². The smallest absolute Gasteiger partial charge is 0.322 e. The number of ether oxygens (including phenoxy) is 1. The normalized spacial score (nSPS) is 12.6. The van der Waals surface area contributed by atoms with E-state index in [1.807, 2.05) is 0 Å². The van der Waals surface area contributed by atoms with Crippen LogP contribution in [0.3, 0.4) is 0 Å². The summed E-state index contributed by atoms with van der Waals surface area (Å²) in [7, 11) is 4.37. The van der Waals surface area contributed by atoms with Gasteiger partial charge in [0.1, 0.15) is 12.1 Å². The molecular formula is C9H21ClN2O5S2. The van der Waals surface area contributed by atoms with Crippen LogP contribution in [0.2, 0.25) is 0 Å². The van der Waals surface area contributed by atoms with Crippen molar-refractivity contribution >= 4 is 45.9 Å². The zero-order valence-corrected chi connectivity index (χ0v) is 13.0. The van der Waals surface area contributed by atoms with Gasteiger partial charge in [-0.1, -0.05) is 21.6 Å². The number of hydrogen-bond acceptors (Lipinski definition) is 7. The SMILES string of the molecule is COC(=O)[C@@H](N)CCSSCC[C@H](N)C(=O)O.Cl.O. The first-order valence-electron chi connectivity index (χ1n) is 5.05. The Hall–Kier alpha value is -0.190. The predicted octanol–water partition coefficient (Wildman–Crippen LogP) is -0.343. The molecule has 0 aliphatic carbocycles. The van der Waals surface area contributed by atoms with E-state index in [1.165, 1.54) is 17.9 Å². The number of carbonyl (C=O) groups is 2. The predicted molar refractivity (Wildman–Crippen MR) is 80.6 cm³/mol. The number of carboxylic acids is 1. The molecule has 0 amide bonds. The summed E-state index contributed by atoms with van der Waals surface area (Å²) in [5.74, 6) is -0.0266. The van der Waals surface area contributed by atoms with Gasteiger partial charge < -0.3 is 26.8 Å². The summed E-state index contributed by atoms with van der Waals surface area (Å²) in [6, 6.07) is -1.39. The number of hydrogen-bond donors (Lipinski definition) is 3. The molecule has 10 heteroatoms. The van der Waals surface area contributed by atoms with Crippen LogP contribution in [0.25, 0.3) is 0 Å². The second kappa shape index (κ2) is 14.2. The Morgan fingerprint density at radius 2 is 1.58 bits per heavy atom. The van der Waals surface area contributed by atoms with Crippen molar-refractivity contribution in [2.45, 2.75) is 24.9 Å². The second-order valence-electron chi connectivity index (χ2n) is 3.30. The molecule has 0 spiro atoms. The van der Waals surface area contributed by atoms with E-state index in [0.717, 1.165) is 0 Å². The van der Waals surface area contributed by atoms with Crippen molar-refractivity contribution in [2.75, 3.05) is 18.6 Å². The molecule has 0 aromatic carbocycles. The number of aliphatic carboxylic acids is 1. The molecule has 0 saturated heterocycles. The van der Waals surface area contributed by atoms with Gasteiger partial charge in [0.05, 0.1) is 7.11 Å². The van der Waals surface area contributed by atoms with Gasteiger partial charge in [-0.15, -0.1) is 12.4 Å². The molecule has 0 aliphatic heterocycles. The van der Waals surface area contributed by atoms with Crippen molar-refractivity contribution in [3.05, 3.63) is 0 Å². The van der Waals surface area contributed by atoms with Crippen LogP contribution in [0.15, 0.2) is 0 Å². The first-order chi connectivity index (χ1) is 7.99. The molecule has 0 aliphatic rings. The summed E-state index contributed by atoms with van der Waals surface area (Å²) < 4.78 is 4.49. The molecule has 2 atom stereocenters. The second-order valence-corrected chi connectivity index (χ2v) is 6.00. The number of methoxy groups -OCH3 is 1. The largest absolute Gasteiger partial charge is 0.480 e. The van der Waals surface area contributed by atoms with E-state index in [9.17, 15) is 9.59 Å². The van der Waals surface area contributed by atoms with Crippen molar-refractivity contribution in [1.29, 1.82) is 0 Å². The van der Waals surface area contributed by atoms with Gasteiger partial charge in [-0.2, -0.15) is 0 Å². The van der Waals surface area contributed by atoms with E-state index in [1.54, 1.807) is 10.8 Å². The lowest BCUT2D eigenvalue weighted by atomic mass is 10.2.